The first-order valence-electron chi connectivity index (χ1n) is 26.2. The minimum atomic E-state index is -0.502. The van der Waals surface area contributed by atoms with Gasteiger partial charge in [0.1, 0.15) is 0 Å². The Labute approximate surface area is 435 Å². The third-order valence-electron chi connectivity index (χ3n) is 16.2. The number of benzene rings is 11. The van der Waals surface area contributed by atoms with Gasteiger partial charge in [0, 0.05) is 21.9 Å². The Hall–Kier alpha value is -9.50. The van der Waals surface area contributed by atoms with Crippen molar-refractivity contribution in [3.05, 3.63) is 310 Å². The molecule has 0 N–H and O–H groups in total. The quantitative estimate of drug-likeness (QED) is 0.123. The van der Waals surface area contributed by atoms with Crippen LogP contribution in [-0.4, -0.2) is 9.97 Å². The lowest BCUT2D eigenvalue weighted by Crippen LogP contribution is -2.29. The van der Waals surface area contributed by atoms with Crippen LogP contribution in [0.2, 0.25) is 0 Å². The zero-order valence-corrected chi connectivity index (χ0v) is 41.2. The molecule has 0 saturated heterocycles. The molecule has 2 aliphatic carbocycles. The van der Waals surface area contributed by atoms with Crippen LogP contribution in [-0.2, 0) is 5.41 Å². The summed E-state index contributed by atoms with van der Waals surface area (Å²) in [5.41, 5.74) is 18.2. The molecule has 0 amide bonds. The molecule has 0 unspecified atom stereocenters. The molecule has 350 valence electrons. The van der Waals surface area contributed by atoms with E-state index >= 15 is 0 Å². The summed E-state index contributed by atoms with van der Waals surface area (Å²) in [6, 6.07) is 96.3. The summed E-state index contributed by atoms with van der Waals surface area (Å²) in [5.74, 6) is 0. The predicted molar refractivity (Wildman–Crippen MR) is 312 cm³/mol. The third-order valence-corrected chi connectivity index (χ3v) is 16.2. The molecule has 75 heavy (non-hydrogen) atoms. The minimum Gasteiger partial charge on any atom is -0.245 e. The zero-order chi connectivity index (χ0) is 49.5. The van der Waals surface area contributed by atoms with Gasteiger partial charge in [-0.2, -0.15) is 0 Å². The van der Waals surface area contributed by atoms with Gasteiger partial charge in [-0.05, 0) is 141 Å². The largest absolute Gasteiger partial charge is 0.245 e. The van der Waals surface area contributed by atoms with E-state index in [2.05, 4.69) is 261 Å². The molecule has 0 bridgehead atoms. The zero-order valence-electron chi connectivity index (χ0n) is 41.2. The highest BCUT2D eigenvalue weighted by molar-refractivity contribution is 6.21. The van der Waals surface area contributed by atoms with Crippen LogP contribution in [0.15, 0.2) is 261 Å². The molecule has 2 aliphatic rings. The predicted octanol–water partition coefficient (Wildman–Crippen LogP) is 16.5. The Morgan fingerprint density at radius 3 is 1.56 bits per heavy atom. The number of rotatable bonds is 6. The number of fused-ring (bicyclic) bond motifs is 10. The average Bonchev–Trinajstić information content (AvgIpc) is 3.83. The molecule has 15 rings (SSSR count). The van der Waals surface area contributed by atoms with Crippen LogP contribution in [0.5, 0.6) is 0 Å². The van der Waals surface area contributed by atoms with Crippen molar-refractivity contribution in [1.82, 2.24) is 9.97 Å². The molecule has 0 spiro atoms. The standard InChI is InChI=1S/C73H48N2/c1-4-21-48(22-5-1)67-42-40-49-38-39-50-41-43-68(75-72(50)71(49)74-67)70-60-34-14-12-32-58(60)69(59-33-13-15-35-61(59)70)52-25-18-24-51(44-52)56-36-19-23-47-20-10-11-30-55(47)63-46-66-64(45-62(56)63)57-31-16-17-37-65(57)73(66,53-26-6-2-7-27-53)54-28-8-3-9-29-54/h1-18,20-35,37-46H,19,36H2/b47-23?,62-56+,63-55-. The second-order valence-corrected chi connectivity index (χ2v) is 20.2. The van der Waals surface area contributed by atoms with Gasteiger partial charge in [0.05, 0.1) is 27.8 Å². The molecule has 2 nitrogen and oxygen atoms in total. The second kappa shape index (κ2) is 17.3. The maximum absolute atomic E-state index is 5.55. The van der Waals surface area contributed by atoms with Gasteiger partial charge in [0.2, 0.25) is 0 Å². The number of aromatic nitrogens is 2. The van der Waals surface area contributed by atoms with Crippen LogP contribution in [0.25, 0.3) is 99.8 Å². The van der Waals surface area contributed by atoms with Gasteiger partial charge in [-0.3, -0.25) is 0 Å². The molecule has 2 heteroatoms. The van der Waals surface area contributed by atoms with E-state index in [1.54, 1.807) is 0 Å². The molecular formula is C73H48N2. The van der Waals surface area contributed by atoms with Crippen molar-refractivity contribution in [2.45, 2.75) is 18.3 Å². The lowest BCUT2D eigenvalue weighted by atomic mass is 9.67. The van der Waals surface area contributed by atoms with Gasteiger partial charge in [0.25, 0.3) is 0 Å². The fourth-order valence-corrected chi connectivity index (χ4v) is 12.9. The number of pyridine rings is 2. The van der Waals surface area contributed by atoms with Crippen LogP contribution >= 0.6 is 0 Å². The molecule has 0 atom stereocenters. The lowest BCUT2D eigenvalue weighted by molar-refractivity contribution is 0.767. The first-order valence-corrected chi connectivity index (χ1v) is 26.2. The fourth-order valence-electron chi connectivity index (χ4n) is 12.9. The van der Waals surface area contributed by atoms with E-state index in [0.29, 0.717) is 0 Å². The number of nitrogens with zero attached hydrogens (tertiary/aromatic N) is 2. The number of hydrogen-bond acceptors (Lipinski definition) is 2. The molecule has 0 radical (unpaired) electrons. The van der Waals surface area contributed by atoms with Crippen molar-refractivity contribution in [2.24, 2.45) is 0 Å². The molecule has 2 heterocycles. The Morgan fingerprint density at radius 1 is 0.333 bits per heavy atom. The Morgan fingerprint density at radius 2 is 0.867 bits per heavy atom. The molecule has 0 fully saturated rings. The summed E-state index contributed by atoms with van der Waals surface area (Å²) in [6.07, 6.45) is 4.28. The molecule has 2 aromatic heterocycles. The van der Waals surface area contributed by atoms with Crippen molar-refractivity contribution >= 4 is 55.0 Å². The van der Waals surface area contributed by atoms with Crippen molar-refractivity contribution in [3.8, 4) is 44.8 Å². The van der Waals surface area contributed by atoms with E-state index in [1.165, 1.54) is 98.1 Å². The smallest absolute Gasteiger partial charge is 0.0972 e. The normalized spacial score (nSPS) is 14.6. The van der Waals surface area contributed by atoms with E-state index in [1.807, 2.05) is 6.07 Å². The van der Waals surface area contributed by atoms with Gasteiger partial charge in [0.15, 0.2) is 0 Å². The van der Waals surface area contributed by atoms with Gasteiger partial charge < -0.3 is 0 Å². The minimum absolute atomic E-state index is 0.502. The van der Waals surface area contributed by atoms with E-state index in [-0.39, 0.29) is 0 Å². The maximum Gasteiger partial charge on any atom is 0.0972 e. The van der Waals surface area contributed by atoms with Gasteiger partial charge >= 0.3 is 0 Å². The third kappa shape index (κ3) is 6.73. The van der Waals surface area contributed by atoms with Crippen molar-refractivity contribution in [3.63, 3.8) is 0 Å². The Kier molecular flexibility index (Phi) is 9.96. The molecular weight excluding hydrogens is 905 g/mol. The van der Waals surface area contributed by atoms with Gasteiger partial charge in [-0.15, -0.1) is 0 Å². The number of hydrogen-bond donors (Lipinski definition) is 0. The lowest BCUT2D eigenvalue weighted by Gasteiger charge is -2.34. The van der Waals surface area contributed by atoms with Crippen LogP contribution in [0.1, 0.15) is 40.7 Å². The second-order valence-electron chi connectivity index (χ2n) is 20.2. The highest BCUT2D eigenvalue weighted by Crippen LogP contribution is 2.56. The summed E-state index contributed by atoms with van der Waals surface area (Å²) in [4.78, 5) is 10.8. The Balaban J connectivity index is 0.968. The van der Waals surface area contributed by atoms with Crippen LogP contribution in [0, 0.1) is 10.4 Å². The average molecular weight is 953 g/mol. The van der Waals surface area contributed by atoms with Gasteiger partial charge in [-0.25, -0.2) is 9.97 Å². The molecule has 0 saturated carbocycles. The van der Waals surface area contributed by atoms with E-state index in [0.717, 1.165) is 57.2 Å². The first kappa shape index (κ1) is 43.1. The first-order chi connectivity index (χ1) is 37.2. The molecule has 0 aliphatic heterocycles. The van der Waals surface area contributed by atoms with E-state index in [9.17, 15) is 0 Å². The summed E-state index contributed by atoms with van der Waals surface area (Å²) in [7, 11) is 0. The molecule has 13 aromatic rings. The SMILES string of the molecule is C1=c2cccc/c2=c2\cc3c(c\c2=C(/c2cccc(-c4c5ccccc5c(-c5ccc6ccc7ccc(-c8ccccc8)nc7c6n5)c5ccccc45)c2)CC1)-c1ccccc1C3(c1ccccc1)c1ccccc1. The summed E-state index contributed by atoms with van der Waals surface area (Å²) in [6.45, 7) is 0. The van der Waals surface area contributed by atoms with Crippen molar-refractivity contribution in [1.29, 1.82) is 0 Å². The summed E-state index contributed by atoms with van der Waals surface area (Å²) in [5, 5.41) is 12.0. The van der Waals surface area contributed by atoms with Crippen LogP contribution < -0.4 is 10.4 Å². The monoisotopic (exact) mass is 952 g/mol. The maximum atomic E-state index is 5.55. The summed E-state index contributed by atoms with van der Waals surface area (Å²) >= 11 is 0. The topological polar surface area (TPSA) is 25.8 Å². The Bertz CT molecular complexity index is 4600. The van der Waals surface area contributed by atoms with E-state index < -0.39 is 5.41 Å². The van der Waals surface area contributed by atoms with Crippen LogP contribution in [0.3, 0.4) is 0 Å². The van der Waals surface area contributed by atoms with Crippen molar-refractivity contribution in [2.75, 3.05) is 0 Å². The fraction of sp³-hybridized carbons (Fsp3) is 0.0411. The van der Waals surface area contributed by atoms with Crippen molar-refractivity contribution < 1.29 is 0 Å². The van der Waals surface area contributed by atoms with Crippen LogP contribution in [0.4, 0.5) is 0 Å². The van der Waals surface area contributed by atoms with E-state index in [4.69, 9.17) is 9.97 Å². The highest BCUT2D eigenvalue weighted by Gasteiger charge is 2.46. The van der Waals surface area contributed by atoms with Gasteiger partial charge in [-0.1, -0.05) is 237 Å². The highest BCUT2D eigenvalue weighted by atomic mass is 14.8. The summed E-state index contributed by atoms with van der Waals surface area (Å²) < 4.78 is 0. The molecule has 11 aromatic carbocycles.